The average molecular weight is 517 g/mol. The van der Waals surface area contributed by atoms with Crippen LogP contribution >= 0.6 is 0 Å². The predicted octanol–water partition coefficient (Wildman–Crippen LogP) is 10.2. The SMILES string of the molecule is CCCCCCCCCc1cc(C(=O)O)c(CCCCCCCC)c(CCCCCCCC)c1C(=O)O. The smallest absolute Gasteiger partial charge is 0.336 e. The van der Waals surface area contributed by atoms with E-state index in [0.29, 0.717) is 30.4 Å². The average Bonchev–Trinajstić information content (AvgIpc) is 2.87. The summed E-state index contributed by atoms with van der Waals surface area (Å²) in [6, 6.07) is 1.71. The number of aromatic carboxylic acids is 2. The van der Waals surface area contributed by atoms with Crippen LogP contribution in [0, 0.1) is 0 Å². The van der Waals surface area contributed by atoms with Gasteiger partial charge >= 0.3 is 11.9 Å². The quantitative estimate of drug-likeness (QED) is 0.134. The Kier molecular flexibility index (Phi) is 19.0. The number of carboxylic acid groups (broad SMARTS) is 2. The maximum absolute atomic E-state index is 12.6. The van der Waals surface area contributed by atoms with Crippen LogP contribution < -0.4 is 0 Å². The van der Waals surface area contributed by atoms with E-state index in [4.69, 9.17) is 0 Å². The molecule has 37 heavy (non-hydrogen) atoms. The third-order valence-corrected chi connectivity index (χ3v) is 7.69. The molecule has 1 aromatic rings. The molecule has 1 rings (SSSR count). The third-order valence-electron chi connectivity index (χ3n) is 7.69. The van der Waals surface area contributed by atoms with Gasteiger partial charge in [-0.3, -0.25) is 0 Å². The van der Waals surface area contributed by atoms with E-state index < -0.39 is 11.9 Å². The van der Waals surface area contributed by atoms with Gasteiger partial charge in [0.05, 0.1) is 11.1 Å². The van der Waals surface area contributed by atoms with Crippen LogP contribution in [0.4, 0.5) is 0 Å². The molecule has 0 aliphatic carbocycles. The van der Waals surface area contributed by atoms with Crippen molar-refractivity contribution in [2.45, 2.75) is 162 Å². The summed E-state index contributed by atoms with van der Waals surface area (Å²) in [7, 11) is 0. The second-order valence-electron chi connectivity index (χ2n) is 10.9. The monoisotopic (exact) mass is 516 g/mol. The molecule has 0 spiro atoms. The molecule has 0 heterocycles. The fourth-order valence-corrected chi connectivity index (χ4v) is 5.49. The van der Waals surface area contributed by atoms with Crippen LogP contribution in [-0.4, -0.2) is 22.2 Å². The highest BCUT2D eigenvalue weighted by Gasteiger charge is 2.24. The molecule has 212 valence electrons. The van der Waals surface area contributed by atoms with E-state index in [1.165, 1.54) is 64.2 Å². The van der Waals surface area contributed by atoms with Gasteiger partial charge in [-0.05, 0) is 61.3 Å². The largest absolute Gasteiger partial charge is 0.478 e. The lowest BCUT2D eigenvalue weighted by molar-refractivity contribution is 0.0677. The molecule has 0 atom stereocenters. The highest BCUT2D eigenvalue weighted by atomic mass is 16.4. The van der Waals surface area contributed by atoms with Gasteiger partial charge in [0.2, 0.25) is 0 Å². The molecule has 0 aromatic heterocycles. The number of hydrogen-bond donors (Lipinski definition) is 2. The lowest BCUT2D eigenvalue weighted by Gasteiger charge is -2.20. The first kappa shape index (κ1) is 33.2. The minimum Gasteiger partial charge on any atom is -0.478 e. The van der Waals surface area contributed by atoms with Crippen LogP contribution in [0.2, 0.25) is 0 Å². The number of rotatable bonds is 24. The van der Waals surface area contributed by atoms with Gasteiger partial charge in [0, 0.05) is 0 Å². The summed E-state index contributed by atoms with van der Waals surface area (Å²) in [6.45, 7) is 6.62. The third kappa shape index (κ3) is 13.5. The van der Waals surface area contributed by atoms with Gasteiger partial charge in [0.15, 0.2) is 0 Å². The van der Waals surface area contributed by atoms with Gasteiger partial charge in [-0.25, -0.2) is 9.59 Å². The van der Waals surface area contributed by atoms with Crippen molar-refractivity contribution >= 4 is 11.9 Å². The van der Waals surface area contributed by atoms with Crippen LogP contribution in [0.15, 0.2) is 6.07 Å². The van der Waals surface area contributed by atoms with Crippen molar-refractivity contribution in [1.29, 1.82) is 0 Å². The maximum atomic E-state index is 12.6. The molecule has 0 aliphatic rings. The number of benzene rings is 1. The van der Waals surface area contributed by atoms with Crippen molar-refractivity contribution in [3.63, 3.8) is 0 Å². The zero-order valence-electron chi connectivity index (χ0n) is 24.3. The van der Waals surface area contributed by atoms with Gasteiger partial charge in [-0.2, -0.15) is 0 Å². The van der Waals surface area contributed by atoms with Crippen LogP contribution in [0.1, 0.15) is 180 Å². The van der Waals surface area contributed by atoms with Gasteiger partial charge in [-0.15, -0.1) is 0 Å². The van der Waals surface area contributed by atoms with Gasteiger partial charge in [0.25, 0.3) is 0 Å². The number of aryl methyl sites for hydroxylation is 1. The topological polar surface area (TPSA) is 74.6 Å². The van der Waals surface area contributed by atoms with Crippen LogP contribution in [0.5, 0.6) is 0 Å². The number of carbonyl (C=O) groups is 2. The van der Waals surface area contributed by atoms with E-state index in [1.54, 1.807) is 6.07 Å². The summed E-state index contributed by atoms with van der Waals surface area (Å²) in [4.78, 5) is 24.9. The van der Waals surface area contributed by atoms with Crippen LogP contribution in [-0.2, 0) is 19.3 Å². The second kappa shape index (κ2) is 21.1. The number of hydrogen-bond acceptors (Lipinski definition) is 2. The first-order valence-corrected chi connectivity index (χ1v) is 15.6. The molecular weight excluding hydrogens is 460 g/mol. The van der Waals surface area contributed by atoms with E-state index in [0.717, 1.165) is 74.5 Å². The molecule has 2 N–H and O–H groups in total. The van der Waals surface area contributed by atoms with Crippen molar-refractivity contribution in [3.05, 3.63) is 33.9 Å². The molecule has 0 saturated heterocycles. The molecule has 4 heteroatoms. The fourth-order valence-electron chi connectivity index (χ4n) is 5.49. The predicted molar refractivity (Wildman–Crippen MR) is 156 cm³/mol. The summed E-state index contributed by atoms with van der Waals surface area (Å²) in [5.74, 6) is -1.80. The molecule has 4 nitrogen and oxygen atoms in total. The molecule has 0 aliphatic heterocycles. The minimum absolute atomic E-state index is 0.345. The summed E-state index contributed by atoms with van der Waals surface area (Å²) >= 11 is 0. The van der Waals surface area contributed by atoms with Crippen molar-refractivity contribution in [2.24, 2.45) is 0 Å². The van der Waals surface area contributed by atoms with E-state index in [-0.39, 0.29) is 0 Å². The van der Waals surface area contributed by atoms with E-state index in [2.05, 4.69) is 20.8 Å². The van der Waals surface area contributed by atoms with Crippen LogP contribution in [0.3, 0.4) is 0 Å². The standard InChI is InChI=1S/C33H56O4/c1-4-7-10-13-16-17-20-23-27-26-30(32(34)35)28(24-21-18-14-11-8-5-2)29(31(27)33(36)37)25-22-19-15-12-9-6-3/h26H,4-25H2,1-3H3,(H,34,35)(H,36,37). The lowest BCUT2D eigenvalue weighted by atomic mass is 9.84. The molecular formula is C33H56O4. The Hall–Kier alpha value is -1.84. The van der Waals surface area contributed by atoms with Gasteiger partial charge in [0.1, 0.15) is 0 Å². The highest BCUT2D eigenvalue weighted by molar-refractivity contribution is 5.96. The lowest BCUT2D eigenvalue weighted by Crippen LogP contribution is -2.16. The minimum atomic E-state index is -0.914. The zero-order valence-corrected chi connectivity index (χ0v) is 24.3. The van der Waals surface area contributed by atoms with E-state index in [1.807, 2.05) is 0 Å². The Bertz CT molecular complexity index is 768. The molecule has 1 aromatic carbocycles. The summed E-state index contributed by atoms with van der Waals surface area (Å²) in [5, 5.41) is 20.4. The highest BCUT2D eigenvalue weighted by Crippen LogP contribution is 2.30. The number of carboxylic acids is 2. The molecule has 0 unspecified atom stereocenters. The molecule has 0 bridgehead atoms. The first-order chi connectivity index (χ1) is 18.0. The summed E-state index contributed by atoms with van der Waals surface area (Å²) in [5.41, 5.74) is 3.08. The Morgan fingerprint density at radius 1 is 0.514 bits per heavy atom. The Morgan fingerprint density at radius 2 is 0.892 bits per heavy atom. The molecule has 0 radical (unpaired) electrons. The zero-order chi connectivity index (χ0) is 27.3. The second-order valence-corrected chi connectivity index (χ2v) is 10.9. The van der Waals surface area contributed by atoms with Crippen molar-refractivity contribution < 1.29 is 19.8 Å². The van der Waals surface area contributed by atoms with Gasteiger partial charge < -0.3 is 10.2 Å². The maximum Gasteiger partial charge on any atom is 0.336 e. The Balaban J connectivity index is 3.12. The van der Waals surface area contributed by atoms with Gasteiger partial charge in [-0.1, -0.05) is 124 Å². The van der Waals surface area contributed by atoms with Crippen LogP contribution in [0.25, 0.3) is 0 Å². The van der Waals surface area contributed by atoms with E-state index >= 15 is 0 Å². The first-order valence-electron chi connectivity index (χ1n) is 15.6. The summed E-state index contributed by atoms with van der Waals surface area (Å²) < 4.78 is 0. The Labute approximate surface area is 227 Å². The molecule has 0 saturated carbocycles. The molecule has 0 fully saturated rings. The number of unbranched alkanes of at least 4 members (excludes halogenated alkanes) is 16. The Morgan fingerprint density at radius 3 is 1.30 bits per heavy atom. The van der Waals surface area contributed by atoms with E-state index in [9.17, 15) is 19.8 Å². The fraction of sp³-hybridized carbons (Fsp3) is 0.758. The normalized spacial score (nSPS) is 11.2. The molecule has 0 amide bonds. The summed E-state index contributed by atoms with van der Waals surface area (Å²) in [6.07, 6.45) is 23.7. The van der Waals surface area contributed by atoms with Crippen molar-refractivity contribution in [3.8, 4) is 0 Å². The van der Waals surface area contributed by atoms with Crippen molar-refractivity contribution in [1.82, 2.24) is 0 Å². The van der Waals surface area contributed by atoms with Crippen molar-refractivity contribution in [2.75, 3.05) is 0 Å².